The molecule has 0 spiro atoms. The molecule has 1 rings (SSSR count). The van der Waals surface area contributed by atoms with Gasteiger partial charge in [0.05, 0.1) is 13.2 Å². The van der Waals surface area contributed by atoms with E-state index >= 15 is 0 Å². The maximum absolute atomic E-state index is 5.28. The van der Waals surface area contributed by atoms with Crippen LogP contribution >= 0.6 is 12.4 Å². The molecule has 0 aromatic carbocycles. The molecule has 0 bridgehead atoms. The van der Waals surface area contributed by atoms with Gasteiger partial charge in [-0.25, -0.2) is 0 Å². The fraction of sp³-hybridized carbons (Fsp3) is 1.00. The second kappa shape index (κ2) is 4.94. The van der Waals surface area contributed by atoms with E-state index in [9.17, 15) is 0 Å². The van der Waals surface area contributed by atoms with Gasteiger partial charge in [-0.2, -0.15) is 0 Å². The van der Waals surface area contributed by atoms with Gasteiger partial charge in [0.2, 0.25) is 0 Å². The molecule has 0 amide bonds. The van der Waals surface area contributed by atoms with Crippen molar-refractivity contribution in [2.24, 2.45) is 5.92 Å². The van der Waals surface area contributed by atoms with Crippen LogP contribution in [0.5, 0.6) is 0 Å². The monoisotopic (exact) mass is 165 g/mol. The Labute approximate surface area is 68.7 Å². The number of rotatable bonds is 1. The third-order valence-electron chi connectivity index (χ3n) is 1.76. The molecule has 0 unspecified atom stereocenters. The lowest BCUT2D eigenvalue weighted by molar-refractivity contribution is 0.0623. The number of morpholine rings is 1. The van der Waals surface area contributed by atoms with Gasteiger partial charge in [-0.1, -0.05) is 13.8 Å². The van der Waals surface area contributed by atoms with E-state index in [1.54, 1.807) is 0 Å². The van der Waals surface area contributed by atoms with Gasteiger partial charge in [-0.3, -0.25) is 0 Å². The van der Waals surface area contributed by atoms with Crippen LogP contribution in [0.4, 0.5) is 0 Å². The summed E-state index contributed by atoms with van der Waals surface area (Å²) in [5.41, 5.74) is 0. The van der Waals surface area contributed by atoms with E-state index in [0.717, 1.165) is 19.8 Å². The van der Waals surface area contributed by atoms with Crippen LogP contribution in [-0.2, 0) is 4.74 Å². The standard InChI is InChI=1S/C7H15NO.ClH/c1-6(2)7-5-9-4-3-8-7;/h6-8H,3-5H2,1-2H3;1H/t7-;/m0./s1. The van der Waals surface area contributed by atoms with Crippen molar-refractivity contribution in [2.75, 3.05) is 19.8 Å². The van der Waals surface area contributed by atoms with Gasteiger partial charge < -0.3 is 10.1 Å². The molecule has 10 heavy (non-hydrogen) atoms. The highest BCUT2D eigenvalue weighted by Gasteiger charge is 2.15. The Balaban J connectivity index is 0.000000810. The van der Waals surface area contributed by atoms with E-state index in [1.165, 1.54) is 0 Å². The van der Waals surface area contributed by atoms with E-state index in [0.29, 0.717) is 12.0 Å². The number of halogens is 1. The van der Waals surface area contributed by atoms with Crippen LogP contribution in [-0.4, -0.2) is 25.8 Å². The minimum absolute atomic E-state index is 0. The highest BCUT2D eigenvalue weighted by Crippen LogP contribution is 2.04. The molecule has 0 aromatic rings. The van der Waals surface area contributed by atoms with Crippen molar-refractivity contribution >= 4 is 12.4 Å². The first-order valence-electron chi connectivity index (χ1n) is 3.62. The summed E-state index contributed by atoms with van der Waals surface area (Å²) >= 11 is 0. The molecule has 0 saturated carbocycles. The molecule has 62 valence electrons. The van der Waals surface area contributed by atoms with Crippen molar-refractivity contribution in [3.05, 3.63) is 0 Å². The van der Waals surface area contributed by atoms with E-state index < -0.39 is 0 Å². The van der Waals surface area contributed by atoms with Gasteiger partial charge in [0.15, 0.2) is 0 Å². The van der Waals surface area contributed by atoms with Crippen molar-refractivity contribution in [1.29, 1.82) is 0 Å². The second-order valence-electron chi connectivity index (χ2n) is 2.88. The fourth-order valence-corrected chi connectivity index (χ4v) is 1.01. The molecule has 0 radical (unpaired) electrons. The lowest BCUT2D eigenvalue weighted by atomic mass is 10.1. The summed E-state index contributed by atoms with van der Waals surface area (Å²) < 4.78 is 5.28. The van der Waals surface area contributed by atoms with Crippen LogP contribution in [0.3, 0.4) is 0 Å². The lowest BCUT2D eigenvalue weighted by Gasteiger charge is -2.26. The number of hydrogen-bond donors (Lipinski definition) is 1. The minimum atomic E-state index is 0. The third kappa shape index (κ3) is 2.86. The number of ether oxygens (including phenoxy) is 1. The van der Waals surface area contributed by atoms with Crippen LogP contribution in [0.2, 0.25) is 0 Å². The van der Waals surface area contributed by atoms with Crippen molar-refractivity contribution in [1.82, 2.24) is 5.32 Å². The molecular weight excluding hydrogens is 150 g/mol. The van der Waals surface area contributed by atoms with E-state index in [4.69, 9.17) is 4.74 Å². The van der Waals surface area contributed by atoms with Crippen molar-refractivity contribution < 1.29 is 4.74 Å². The van der Waals surface area contributed by atoms with Gasteiger partial charge >= 0.3 is 0 Å². The Bertz CT molecular complexity index is 81.7. The van der Waals surface area contributed by atoms with Crippen LogP contribution in [0.25, 0.3) is 0 Å². The molecule has 1 atom stereocenters. The summed E-state index contributed by atoms with van der Waals surface area (Å²) in [7, 11) is 0. The molecule has 1 N–H and O–H groups in total. The Morgan fingerprint density at radius 1 is 1.50 bits per heavy atom. The number of hydrogen-bond acceptors (Lipinski definition) is 2. The smallest absolute Gasteiger partial charge is 0.0622 e. The van der Waals surface area contributed by atoms with Crippen molar-refractivity contribution in [3.8, 4) is 0 Å². The fourth-order valence-electron chi connectivity index (χ4n) is 1.01. The zero-order valence-corrected chi connectivity index (χ0v) is 7.41. The Morgan fingerprint density at radius 2 is 2.20 bits per heavy atom. The van der Waals surface area contributed by atoms with E-state index in [-0.39, 0.29) is 12.4 Å². The summed E-state index contributed by atoms with van der Waals surface area (Å²) in [5, 5.41) is 3.39. The third-order valence-corrected chi connectivity index (χ3v) is 1.76. The molecule has 1 aliphatic rings. The largest absolute Gasteiger partial charge is 0.379 e. The first kappa shape index (κ1) is 10.2. The summed E-state index contributed by atoms with van der Waals surface area (Å²) in [5.74, 6) is 0.699. The van der Waals surface area contributed by atoms with Crippen molar-refractivity contribution in [3.63, 3.8) is 0 Å². The van der Waals surface area contributed by atoms with Crippen LogP contribution in [0.1, 0.15) is 13.8 Å². The molecular formula is C7H16ClNO. The molecule has 1 saturated heterocycles. The summed E-state index contributed by atoms with van der Waals surface area (Å²) in [6.07, 6.45) is 0. The lowest BCUT2D eigenvalue weighted by Crippen LogP contribution is -2.44. The molecule has 1 heterocycles. The maximum atomic E-state index is 5.28. The quantitative estimate of drug-likeness (QED) is 0.628. The Morgan fingerprint density at radius 3 is 2.50 bits per heavy atom. The molecule has 3 heteroatoms. The van der Waals surface area contributed by atoms with E-state index in [1.807, 2.05) is 0 Å². The Kier molecular flexibility index (Phi) is 5.04. The normalized spacial score (nSPS) is 26.1. The van der Waals surface area contributed by atoms with Gasteiger partial charge in [0.1, 0.15) is 0 Å². The molecule has 0 aliphatic carbocycles. The average Bonchev–Trinajstić information content (AvgIpc) is 1.90. The average molecular weight is 166 g/mol. The van der Waals surface area contributed by atoms with Gasteiger partial charge in [0, 0.05) is 12.6 Å². The van der Waals surface area contributed by atoms with Crippen LogP contribution < -0.4 is 5.32 Å². The van der Waals surface area contributed by atoms with Gasteiger partial charge in [-0.15, -0.1) is 12.4 Å². The summed E-state index contributed by atoms with van der Waals surface area (Å²) in [6.45, 7) is 7.21. The Hall–Kier alpha value is 0.210. The zero-order valence-electron chi connectivity index (χ0n) is 6.59. The second-order valence-corrected chi connectivity index (χ2v) is 2.88. The first-order valence-corrected chi connectivity index (χ1v) is 3.62. The van der Waals surface area contributed by atoms with Gasteiger partial charge in [0.25, 0.3) is 0 Å². The summed E-state index contributed by atoms with van der Waals surface area (Å²) in [6, 6.07) is 0.582. The molecule has 0 aromatic heterocycles. The van der Waals surface area contributed by atoms with Crippen LogP contribution in [0, 0.1) is 5.92 Å². The molecule has 2 nitrogen and oxygen atoms in total. The molecule has 1 aliphatic heterocycles. The number of nitrogens with one attached hydrogen (secondary N) is 1. The predicted molar refractivity (Wildman–Crippen MR) is 44.7 cm³/mol. The minimum Gasteiger partial charge on any atom is -0.379 e. The first-order chi connectivity index (χ1) is 4.30. The zero-order chi connectivity index (χ0) is 6.69. The predicted octanol–water partition coefficient (Wildman–Crippen LogP) is 1.05. The summed E-state index contributed by atoms with van der Waals surface area (Å²) in [4.78, 5) is 0. The molecule has 1 fully saturated rings. The topological polar surface area (TPSA) is 21.3 Å². The highest BCUT2D eigenvalue weighted by molar-refractivity contribution is 5.85. The van der Waals surface area contributed by atoms with Crippen LogP contribution in [0.15, 0.2) is 0 Å². The highest BCUT2D eigenvalue weighted by atomic mass is 35.5. The van der Waals surface area contributed by atoms with E-state index in [2.05, 4.69) is 19.2 Å². The SMILES string of the molecule is CC(C)[C@@H]1COCCN1.Cl. The van der Waals surface area contributed by atoms with Gasteiger partial charge in [-0.05, 0) is 5.92 Å². The van der Waals surface area contributed by atoms with Crippen molar-refractivity contribution in [2.45, 2.75) is 19.9 Å². The maximum Gasteiger partial charge on any atom is 0.0622 e.